The Labute approximate surface area is 116 Å². The molecule has 0 aliphatic rings. The Hall–Kier alpha value is -1.10. The highest BCUT2D eigenvalue weighted by molar-refractivity contribution is 6.83. The van der Waals surface area contributed by atoms with E-state index in [0.29, 0.717) is 22.9 Å². The minimum absolute atomic E-state index is 0.447. The first-order chi connectivity index (χ1) is 8.64. The van der Waals surface area contributed by atoms with Crippen molar-refractivity contribution in [1.29, 1.82) is 0 Å². The molecule has 0 spiro atoms. The lowest BCUT2D eigenvalue weighted by molar-refractivity contribution is -0.137. The third kappa shape index (κ3) is 4.82. The number of carbonyl (C=O) groups excluding carboxylic acids is 1. The van der Waals surface area contributed by atoms with Gasteiger partial charge in [0.2, 0.25) is 0 Å². The summed E-state index contributed by atoms with van der Waals surface area (Å²) in [7, 11) is -1.77. The molecular weight excluding hydrogens is 260 g/mol. The normalized spacial score (nSPS) is 12.7. The van der Waals surface area contributed by atoms with Gasteiger partial charge in [0, 0.05) is 12.2 Å². The molecule has 5 heteroatoms. The van der Waals surface area contributed by atoms with Gasteiger partial charge in [-0.15, -0.1) is 0 Å². The van der Waals surface area contributed by atoms with Crippen LogP contribution in [0.1, 0.15) is 41.5 Å². The summed E-state index contributed by atoms with van der Waals surface area (Å²) in [6.45, 7) is 13.1. The van der Waals surface area contributed by atoms with Crippen molar-refractivity contribution in [3.8, 4) is 0 Å². The van der Waals surface area contributed by atoms with Crippen LogP contribution in [0.15, 0.2) is 12.2 Å². The van der Waals surface area contributed by atoms with Gasteiger partial charge in [0.15, 0.2) is 0 Å². The predicted octanol–water partition coefficient (Wildman–Crippen LogP) is 3.39. The molecule has 19 heavy (non-hydrogen) atoms. The van der Waals surface area contributed by atoms with Crippen molar-refractivity contribution in [1.82, 2.24) is 0 Å². The molecule has 110 valence electrons. The molecule has 0 aliphatic heterocycles. The number of ether oxygens (including phenoxy) is 1. The first-order valence-electron chi connectivity index (χ1n) is 6.72. The lowest BCUT2D eigenvalue weighted by Gasteiger charge is -2.42. The zero-order chi connectivity index (χ0) is 15.2. The van der Waals surface area contributed by atoms with Crippen LogP contribution in [0.2, 0.25) is 16.6 Å². The molecule has 0 unspecified atom stereocenters. The third-order valence-corrected chi connectivity index (χ3v) is 11.1. The summed E-state index contributed by atoms with van der Waals surface area (Å²) in [5.74, 6) is -1.71. The van der Waals surface area contributed by atoms with Crippen LogP contribution >= 0.6 is 0 Å². The predicted molar refractivity (Wildman–Crippen MR) is 78.8 cm³/mol. The number of carbonyl (C=O) groups is 2. The average molecular weight is 286 g/mol. The summed E-state index contributed by atoms with van der Waals surface area (Å²) >= 11 is 0. The van der Waals surface area contributed by atoms with Crippen molar-refractivity contribution in [3.63, 3.8) is 0 Å². The van der Waals surface area contributed by atoms with Gasteiger partial charge in [0.05, 0.1) is 6.23 Å². The third-order valence-electron chi connectivity index (χ3n) is 4.05. The molecule has 0 fully saturated rings. The topological polar surface area (TPSA) is 63.6 Å². The van der Waals surface area contributed by atoms with Crippen molar-refractivity contribution < 1.29 is 19.4 Å². The molecule has 0 aromatic carbocycles. The van der Waals surface area contributed by atoms with Gasteiger partial charge in [0.25, 0.3) is 0 Å². The molecule has 0 aromatic rings. The van der Waals surface area contributed by atoms with Gasteiger partial charge in [-0.1, -0.05) is 41.5 Å². The smallest absolute Gasteiger partial charge is 0.330 e. The van der Waals surface area contributed by atoms with E-state index in [9.17, 15) is 9.59 Å². The van der Waals surface area contributed by atoms with Gasteiger partial charge < -0.3 is 9.84 Å². The largest absolute Gasteiger partial charge is 0.478 e. The summed E-state index contributed by atoms with van der Waals surface area (Å²) in [5.41, 5.74) is 1.51. The van der Waals surface area contributed by atoms with Gasteiger partial charge in [0.1, 0.15) is 8.07 Å². The maximum Gasteiger partial charge on any atom is 0.330 e. The van der Waals surface area contributed by atoms with E-state index in [1.165, 1.54) is 0 Å². The number of hydrogen-bond acceptors (Lipinski definition) is 3. The Morgan fingerprint density at radius 3 is 1.74 bits per heavy atom. The highest BCUT2D eigenvalue weighted by Gasteiger charge is 2.43. The maximum absolute atomic E-state index is 11.5. The Morgan fingerprint density at radius 2 is 1.42 bits per heavy atom. The summed E-state index contributed by atoms with van der Waals surface area (Å²) < 4.78 is 5.31. The van der Waals surface area contributed by atoms with E-state index in [1.54, 1.807) is 0 Å². The Morgan fingerprint density at radius 1 is 1.00 bits per heavy atom. The second-order valence-electron chi connectivity index (χ2n) is 5.86. The molecular formula is C14H26O4Si. The number of carboxylic acid groups (broad SMARTS) is 1. The molecule has 0 saturated carbocycles. The average Bonchev–Trinajstić information content (AvgIpc) is 2.25. The molecule has 0 saturated heterocycles. The second kappa shape index (κ2) is 7.48. The van der Waals surface area contributed by atoms with Crippen LogP contribution in [0.4, 0.5) is 0 Å². The van der Waals surface area contributed by atoms with Crippen LogP contribution in [0.25, 0.3) is 0 Å². The summed E-state index contributed by atoms with van der Waals surface area (Å²) in [5, 5.41) is 8.47. The van der Waals surface area contributed by atoms with Gasteiger partial charge in [-0.05, 0) is 16.6 Å². The van der Waals surface area contributed by atoms with Crippen molar-refractivity contribution in [2.24, 2.45) is 0 Å². The Kier molecular flexibility index (Phi) is 7.04. The van der Waals surface area contributed by atoms with E-state index < -0.39 is 20.0 Å². The Bertz CT molecular complexity index is 324. The van der Waals surface area contributed by atoms with E-state index in [0.717, 1.165) is 12.2 Å². The number of carboxylic acids is 1. The highest BCUT2D eigenvalue weighted by Crippen LogP contribution is 2.41. The summed E-state index contributed by atoms with van der Waals surface area (Å²) in [6, 6.07) is 0. The summed E-state index contributed by atoms with van der Waals surface area (Å²) in [6.07, 6.45) is 2.23. The number of aliphatic carboxylic acids is 1. The maximum atomic E-state index is 11.5. The van der Waals surface area contributed by atoms with Crippen LogP contribution in [0, 0.1) is 0 Å². The molecule has 0 rings (SSSR count). The molecule has 0 radical (unpaired) electrons. The molecule has 0 amide bonds. The van der Waals surface area contributed by atoms with Crippen molar-refractivity contribution >= 4 is 20.0 Å². The quantitative estimate of drug-likeness (QED) is 0.442. The van der Waals surface area contributed by atoms with Crippen molar-refractivity contribution in [3.05, 3.63) is 12.2 Å². The van der Waals surface area contributed by atoms with E-state index >= 15 is 0 Å². The van der Waals surface area contributed by atoms with Gasteiger partial charge >= 0.3 is 11.9 Å². The minimum Gasteiger partial charge on any atom is -0.478 e. The monoisotopic (exact) mass is 286 g/mol. The fraction of sp³-hybridized carbons (Fsp3) is 0.714. The van der Waals surface area contributed by atoms with Gasteiger partial charge in [-0.2, -0.15) is 0 Å². The van der Waals surface area contributed by atoms with E-state index in [2.05, 4.69) is 41.5 Å². The van der Waals surface area contributed by atoms with Gasteiger partial charge in [-0.25, -0.2) is 9.59 Å². The van der Waals surface area contributed by atoms with Crippen LogP contribution in [0.3, 0.4) is 0 Å². The lowest BCUT2D eigenvalue weighted by Crippen LogP contribution is -2.49. The van der Waals surface area contributed by atoms with Gasteiger partial charge in [-0.3, -0.25) is 0 Å². The van der Waals surface area contributed by atoms with Crippen LogP contribution in [0.5, 0.6) is 0 Å². The molecule has 0 aliphatic carbocycles. The highest BCUT2D eigenvalue weighted by atomic mass is 28.3. The van der Waals surface area contributed by atoms with Crippen molar-refractivity contribution in [2.45, 2.75) is 58.2 Å². The molecule has 0 atom stereocenters. The molecule has 0 aromatic heterocycles. The molecule has 0 bridgehead atoms. The standard InChI is InChI=1S/C14H26O4Si/c1-10(2)19(11(3)4,12(5)6)9-18-14(17)8-7-13(15)16/h7-8,10-12H,9H2,1-6H3,(H,15,16)/b8-7+. The van der Waals surface area contributed by atoms with E-state index in [1.807, 2.05) is 0 Å². The fourth-order valence-electron chi connectivity index (χ4n) is 2.88. The van der Waals surface area contributed by atoms with E-state index in [4.69, 9.17) is 9.84 Å². The van der Waals surface area contributed by atoms with Crippen LogP contribution in [-0.2, 0) is 14.3 Å². The first kappa shape index (κ1) is 17.9. The van der Waals surface area contributed by atoms with Crippen LogP contribution in [-0.4, -0.2) is 31.3 Å². The molecule has 4 nitrogen and oxygen atoms in total. The van der Waals surface area contributed by atoms with Crippen LogP contribution < -0.4 is 0 Å². The summed E-state index contributed by atoms with van der Waals surface area (Å²) in [4.78, 5) is 21.9. The molecule has 1 N–H and O–H groups in total. The number of esters is 1. The number of rotatable bonds is 7. The fourth-order valence-corrected chi connectivity index (χ4v) is 8.28. The zero-order valence-corrected chi connectivity index (χ0v) is 13.8. The minimum atomic E-state index is -1.77. The lowest BCUT2D eigenvalue weighted by atomic mass is 10.5. The Balaban J connectivity index is 4.86. The second-order valence-corrected chi connectivity index (χ2v) is 11.8. The van der Waals surface area contributed by atoms with E-state index in [-0.39, 0.29) is 0 Å². The SMILES string of the molecule is CC(C)[Si](COC(=O)/C=C/C(=O)O)(C(C)C)C(C)C. The zero-order valence-electron chi connectivity index (χ0n) is 12.8. The van der Waals surface area contributed by atoms with Crippen molar-refractivity contribution in [2.75, 3.05) is 6.23 Å². The molecule has 0 heterocycles. The number of hydrogen-bond donors (Lipinski definition) is 1. The first-order valence-corrected chi connectivity index (χ1v) is 9.16.